The third-order valence-corrected chi connectivity index (χ3v) is 5.12. The molecule has 0 spiro atoms. The van der Waals surface area contributed by atoms with Gasteiger partial charge in [0.25, 0.3) is 0 Å². The van der Waals surface area contributed by atoms with E-state index in [4.69, 9.17) is 14.4 Å². The predicted octanol–water partition coefficient (Wildman–Crippen LogP) is 3.82. The first-order chi connectivity index (χ1) is 16.9. The van der Waals surface area contributed by atoms with E-state index >= 15 is 0 Å². The molecule has 1 atom stereocenters. The Balaban J connectivity index is 1.32. The molecule has 2 aromatic carbocycles. The topological polar surface area (TPSA) is 148 Å². The van der Waals surface area contributed by atoms with Crippen LogP contribution < -0.4 is 10.1 Å². The van der Waals surface area contributed by atoms with Crippen molar-refractivity contribution < 1.29 is 38.6 Å². The van der Waals surface area contributed by atoms with Crippen molar-refractivity contribution in [3.63, 3.8) is 0 Å². The number of aromatic carboxylic acids is 1. The number of anilines is 1. The number of hydrogen-bond donors (Lipinski definition) is 3. The zero-order valence-corrected chi connectivity index (χ0v) is 19.1. The van der Waals surface area contributed by atoms with E-state index in [2.05, 4.69) is 15.2 Å². The van der Waals surface area contributed by atoms with Gasteiger partial charge in [-0.05, 0) is 61.2 Å². The highest BCUT2D eigenvalue weighted by molar-refractivity contribution is 5.90. The van der Waals surface area contributed by atoms with Crippen molar-refractivity contribution in [3.05, 3.63) is 65.9 Å². The van der Waals surface area contributed by atoms with Crippen LogP contribution in [0.2, 0.25) is 0 Å². The summed E-state index contributed by atoms with van der Waals surface area (Å²) in [5, 5.41) is 25.0. The second kappa shape index (κ2) is 12.3. The number of esters is 1. The summed E-state index contributed by atoms with van der Waals surface area (Å²) in [5.41, 5.74) is 1.50. The molecule has 3 N–H and O–H groups in total. The first kappa shape index (κ1) is 25.4. The first-order valence-electron chi connectivity index (χ1n) is 11.0. The maximum absolute atomic E-state index is 12.1. The number of nitrogens with one attached hydrogen (secondary N) is 1. The average molecular weight is 482 g/mol. The molecule has 35 heavy (non-hydrogen) atoms. The van der Waals surface area contributed by atoms with Crippen molar-refractivity contribution in [1.82, 2.24) is 5.16 Å². The Labute approximate surface area is 201 Å². The molecule has 10 heteroatoms. The number of benzene rings is 2. The summed E-state index contributed by atoms with van der Waals surface area (Å²) in [5.74, 6) is -0.983. The molecule has 0 bridgehead atoms. The number of unbranched alkanes of at least 4 members (excludes halogenated alkanes) is 2. The Bertz CT molecular complexity index is 1140. The molecule has 0 aliphatic heterocycles. The highest BCUT2D eigenvalue weighted by Gasteiger charge is 2.17. The quantitative estimate of drug-likeness (QED) is 0.259. The number of carboxylic acid groups (broad SMARTS) is 1. The molecule has 0 aliphatic carbocycles. The summed E-state index contributed by atoms with van der Waals surface area (Å²) < 4.78 is 15.2. The van der Waals surface area contributed by atoms with Gasteiger partial charge in [0, 0.05) is 23.7 Å². The number of ether oxygens (including phenoxy) is 2. The van der Waals surface area contributed by atoms with Gasteiger partial charge in [-0.2, -0.15) is 0 Å². The van der Waals surface area contributed by atoms with Gasteiger partial charge in [0.15, 0.2) is 17.6 Å². The smallest absolute Gasteiger partial charge is 0.358 e. The van der Waals surface area contributed by atoms with Crippen molar-refractivity contribution in [2.75, 3.05) is 19.0 Å². The molecule has 1 aromatic heterocycles. The van der Waals surface area contributed by atoms with Gasteiger partial charge in [0.2, 0.25) is 5.91 Å². The van der Waals surface area contributed by atoms with Crippen LogP contribution >= 0.6 is 0 Å². The Morgan fingerprint density at radius 3 is 2.37 bits per heavy atom. The minimum atomic E-state index is -1.36. The molecule has 1 heterocycles. The van der Waals surface area contributed by atoms with Crippen LogP contribution in [0.15, 0.2) is 59.1 Å². The lowest BCUT2D eigenvalue weighted by molar-refractivity contribution is -0.150. The number of aliphatic hydroxyl groups is 1. The van der Waals surface area contributed by atoms with Crippen molar-refractivity contribution >= 4 is 23.5 Å². The number of carbonyl (C=O) groups excluding carboxylic acids is 2. The van der Waals surface area contributed by atoms with Gasteiger partial charge in [0.05, 0.1) is 13.7 Å². The van der Waals surface area contributed by atoms with E-state index in [9.17, 15) is 19.5 Å². The van der Waals surface area contributed by atoms with Crippen molar-refractivity contribution in [2.24, 2.45) is 0 Å². The number of hydrogen-bond acceptors (Lipinski definition) is 8. The lowest BCUT2D eigenvalue weighted by Crippen LogP contribution is -2.14. The maximum atomic E-state index is 12.1. The zero-order chi connectivity index (χ0) is 25.2. The van der Waals surface area contributed by atoms with Gasteiger partial charge in [-0.15, -0.1) is 0 Å². The van der Waals surface area contributed by atoms with Gasteiger partial charge in [0.1, 0.15) is 5.75 Å². The van der Waals surface area contributed by atoms with E-state index in [0.29, 0.717) is 47.8 Å². The van der Waals surface area contributed by atoms with Crippen LogP contribution in [-0.2, 0) is 14.3 Å². The lowest BCUT2D eigenvalue weighted by Gasteiger charge is -2.10. The molecule has 0 saturated carbocycles. The monoisotopic (exact) mass is 482 g/mol. The molecule has 0 saturated heterocycles. The van der Waals surface area contributed by atoms with E-state index < -0.39 is 18.0 Å². The zero-order valence-electron chi connectivity index (χ0n) is 19.1. The lowest BCUT2D eigenvalue weighted by atomic mass is 10.1. The van der Waals surface area contributed by atoms with Gasteiger partial charge >= 0.3 is 11.9 Å². The standard InChI is InChI=1S/C25H26N2O8/c1-33-25(32)23(29)17-6-10-18(11-7-17)26-22(28)5-3-2-4-14-34-19-12-8-16(9-13-19)21-15-20(24(30)31)27-35-21/h6-13,15,23,29H,2-5,14H2,1H3,(H,26,28)(H,30,31)/t23-/m1/s1. The number of aromatic nitrogens is 1. The van der Waals surface area contributed by atoms with Gasteiger partial charge < -0.3 is 29.5 Å². The second-order valence-electron chi connectivity index (χ2n) is 7.66. The molecule has 1 amide bonds. The average Bonchev–Trinajstić information content (AvgIpc) is 3.37. The highest BCUT2D eigenvalue weighted by Crippen LogP contribution is 2.23. The fourth-order valence-corrected chi connectivity index (χ4v) is 3.20. The summed E-state index contributed by atoms with van der Waals surface area (Å²) >= 11 is 0. The first-order valence-corrected chi connectivity index (χ1v) is 11.0. The van der Waals surface area contributed by atoms with E-state index in [1.165, 1.54) is 13.2 Å². The summed E-state index contributed by atoms with van der Waals surface area (Å²) in [6, 6.07) is 14.8. The summed E-state index contributed by atoms with van der Waals surface area (Å²) in [6.45, 7) is 0.496. The predicted molar refractivity (Wildman–Crippen MR) is 125 cm³/mol. The van der Waals surface area contributed by atoms with Crippen molar-refractivity contribution in [2.45, 2.75) is 31.8 Å². The molecule has 0 fully saturated rings. The van der Waals surface area contributed by atoms with Crippen molar-refractivity contribution in [1.29, 1.82) is 0 Å². The number of aliphatic hydroxyl groups excluding tert-OH is 1. The fraction of sp³-hybridized carbons (Fsp3) is 0.280. The van der Waals surface area contributed by atoms with Crippen LogP contribution in [0.3, 0.4) is 0 Å². The number of carboxylic acids is 1. The molecule has 10 nitrogen and oxygen atoms in total. The molecule has 0 unspecified atom stereocenters. The molecular formula is C25H26N2O8. The third-order valence-electron chi connectivity index (χ3n) is 5.12. The van der Waals surface area contributed by atoms with E-state index in [1.807, 2.05) is 0 Å². The molecule has 3 aromatic rings. The fourth-order valence-electron chi connectivity index (χ4n) is 3.20. The van der Waals surface area contributed by atoms with Crippen LogP contribution in [-0.4, -0.2) is 46.9 Å². The maximum Gasteiger partial charge on any atom is 0.358 e. The van der Waals surface area contributed by atoms with Gasteiger partial charge in [-0.25, -0.2) is 9.59 Å². The molecule has 3 rings (SSSR count). The molecule has 184 valence electrons. The van der Waals surface area contributed by atoms with Gasteiger partial charge in [-0.1, -0.05) is 17.3 Å². The van der Waals surface area contributed by atoms with Crippen LogP contribution in [0.5, 0.6) is 5.75 Å². The number of nitrogens with zero attached hydrogens (tertiary/aromatic N) is 1. The Kier molecular flexibility index (Phi) is 8.96. The Hall–Kier alpha value is -4.18. The summed E-state index contributed by atoms with van der Waals surface area (Å²) in [4.78, 5) is 34.4. The normalized spacial score (nSPS) is 11.5. The third kappa shape index (κ3) is 7.41. The van der Waals surface area contributed by atoms with Crippen LogP contribution in [0.25, 0.3) is 11.3 Å². The van der Waals surface area contributed by atoms with Crippen LogP contribution in [0.4, 0.5) is 5.69 Å². The largest absolute Gasteiger partial charge is 0.494 e. The molecule has 0 aliphatic rings. The summed E-state index contributed by atoms with van der Waals surface area (Å²) in [6.07, 6.45) is 1.29. The number of carbonyl (C=O) groups is 3. The minimum Gasteiger partial charge on any atom is -0.494 e. The number of rotatable bonds is 12. The van der Waals surface area contributed by atoms with Crippen LogP contribution in [0.1, 0.15) is 47.8 Å². The van der Waals surface area contributed by atoms with Crippen molar-refractivity contribution in [3.8, 4) is 17.1 Å². The Morgan fingerprint density at radius 2 is 1.74 bits per heavy atom. The van der Waals surface area contributed by atoms with E-state index in [-0.39, 0.29) is 11.6 Å². The van der Waals surface area contributed by atoms with E-state index in [0.717, 1.165) is 12.8 Å². The Morgan fingerprint density at radius 1 is 1.03 bits per heavy atom. The minimum absolute atomic E-state index is 0.124. The number of methoxy groups -OCH3 is 1. The number of amides is 1. The highest BCUT2D eigenvalue weighted by atomic mass is 16.5. The van der Waals surface area contributed by atoms with Gasteiger partial charge in [-0.3, -0.25) is 4.79 Å². The summed E-state index contributed by atoms with van der Waals surface area (Å²) in [7, 11) is 1.20. The van der Waals surface area contributed by atoms with Crippen LogP contribution in [0, 0.1) is 0 Å². The second-order valence-corrected chi connectivity index (χ2v) is 7.66. The molecular weight excluding hydrogens is 456 g/mol. The SMILES string of the molecule is COC(=O)[C@H](O)c1ccc(NC(=O)CCCCCOc2ccc(-c3cc(C(=O)O)no3)cc2)cc1. The van der Waals surface area contributed by atoms with E-state index in [1.54, 1.807) is 48.5 Å². The molecule has 0 radical (unpaired) electrons.